The highest BCUT2D eigenvalue weighted by Crippen LogP contribution is 2.16. The Bertz CT molecular complexity index is 551. The minimum Gasteiger partial charge on any atom is -0.330 e. The van der Waals surface area contributed by atoms with Crippen molar-refractivity contribution in [2.45, 2.75) is 19.5 Å². The van der Waals surface area contributed by atoms with E-state index in [1.807, 2.05) is 6.07 Å². The molecule has 2 heterocycles. The van der Waals surface area contributed by atoms with Crippen LogP contribution in [-0.2, 0) is 13.6 Å². The Kier molecular flexibility index (Phi) is 4.45. The molecule has 4 nitrogen and oxygen atoms in total. The number of hydrogen-bond donors (Lipinski definition) is 1. The minimum absolute atomic E-state index is 0. The summed E-state index contributed by atoms with van der Waals surface area (Å²) >= 11 is 0. The number of nitrogens with zero attached hydrogens (tertiary/aromatic N) is 3. The van der Waals surface area contributed by atoms with Crippen molar-refractivity contribution in [3.05, 3.63) is 30.1 Å². The average molecular weight is 281 g/mol. The standard InChI is InChI=1S/C14H20N4.ClH/c1-11-9-18(8-7-15-11)10-14-16-12-5-3-4-6-13(12)17(14)2;/h3-6,11,15H,7-10H2,1-2H3;1H/t11-;/m0./s1. The van der Waals surface area contributed by atoms with Crippen molar-refractivity contribution in [1.82, 2.24) is 19.8 Å². The summed E-state index contributed by atoms with van der Waals surface area (Å²) < 4.78 is 2.21. The molecule has 0 aliphatic carbocycles. The van der Waals surface area contributed by atoms with Crippen LogP contribution in [0.3, 0.4) is 0 Å². The van der Waals surface area contributed by atoms with Gasteiger partial charge in [0.2, 0.25) is 0 Å². The molecule has 1 aliphatic rings. The second-order valence-corrected chi connectivity index (χ2v) is 5.17. The maximum Gasteiger partial charge on any atom is 0.123 e. The fourth-order valence-corrected chi connectivity index (χ4v) is 2.69. The Balaban J connectivity index is 0.00000133. The largest absolute Gasteiger partial charge is 0.330 e. The monoisotopic (exact) mass is 280 g/mol. The molecule has 1 aromatic heterocycles. The van der Waals surface area contributed by atoms with Crippen molar-refractivity contribution in [1.29, 1.82) is 0 Å². The molecule has 1 N–H and O–H groups in total. The lowest BCUT2D eigenvalue weighted by Crippen LogP contribution is -2.48. The predicted molar refractivity (Wildman–Crippen MR) is 80.7 cm³/mol. The zero-order valence-electron chi connectivity index (χ0n) is 11.5. The first kappa shape index (κ1) is 14.3. The first-order valence-electron chi connectivity index (χ1n) is 6.60. The highest BCUT2D eigenvalue weighted by Gasteiger charge is 2.17. The summed E-state index contributed by atoms with van der Waals surface area (Å²) in [6.45, 7) is 6.46. The summed E-state index contributed by atoms with van der Waals surface area (Å²) in [6.07, 6.45) is 0. The first-order valence-corrected chi connectivity index (χ1v) is 6.60. The number of hydrogen-bond acceptors (Lipinski definition) is 3. The fourth-order valence-electron chi connectivity index (χ4n) is 2.69. The van der Waals surface area contributed by atoms with Crippen LogP contribution >= 0.6 is 12.4 Å². The van der Waals surface area contributed by atoms with Crippen LogP contribution in [0.25, 0.3) is 11.0 Å². The van der Waals surface area contributed by atoms with E-state index in [1.54, 1.807) is 0 Å². The SMILES string of the molecule is C[C@H]1CN(Cc2nc3ccccc3n2C)CCN1.Cl. The molecule has 0 saturated carbocycles. The lowest BCUT2D eigenvalue weighted by molar-refractivity contribution is 0.194. The number of halogens is 1. The van der Waals surface area contributed by atoms with Crippen LogP contribution in [-0.4, -0.2) is 40.1 Å². The van der Waals surface area contributed by atoms with Crippen LogP contribution in [0, 0.1) is 0 Å². The van der Waals surface area contributed by atoms with Gasteiger partial charge in [0.15, 0.2) is 0 Å². The summed E-state index contributed by atoms with van der Waals surface area (Å²) in [7, 11) is 2.11. The van der Waals surface area contributed by atoms with Crippen LogP contribution in [0.4, 0.5) is 0 Å². The molecular formula is C14H21ClN4. The third-order valence-electron chi connectivity index (χ3n) is 3.70. The molecule has 1 aliphatic heterocycles. The van der Waals surface area contributed by atoms with Gasteiger partial charge in [0.1, 0.15) is 5.82 Å². The number of piperazine rings is 1. The molecule has 1 saturated heterocycles. The van der Waals surface area contributed by atoms with Crippen LogP contribution in [0.1, 0.15) is 12.7 Å². The van der Waals surface area contributed by atoms with Gasteiger partial charge in [-0.25, -0.2) is 4.98 Å². The normalized spacial score (nSPS) is 20.4. The van der Waals surface area contributed by atoms with Crippen LogP contribution in [0.15, 0.2) is 24.3 Å². The van der Waals surface area contributed by atoms with Gasteiger partial charge in [0.05, 0.1) is 17.6 Å². The first-order chi connectivity index (χ1) is 8.74. The number of aromatic nitrogens is 2. The third kappa shape index (κ3) is 2.91. The fraction of sp³-hybridized carbons (Fsp3) is 0.500. The van der Waals surface area contributed by atoms with E-state index in [0.717, 1.165) is 37.5 Å². The number of fused-ring (bicyclic) bond motifs is 1. The summed E-state index contributed by atoms with van der Waals surface area (Å²) in [6, 6.07) is 8.91. The Hall–Kier alpha value is -1.10. The number of rotatable bonds is 2. The molecule has 0 unspecified atom stereocenters. The molecule has 2 aromatic rings. The second kappa shape index (κ2) is 5.90. The van der Waals surface area contributed by atoms with E-state index in [2.05, 4.69) is 47.0 Å². The highest BCUT2D eigenvalue weighted by molar-refractivity contribution is 5.85. The molecule has 0 radical (unpaired) electrons. The van der Waals surface area contributed by atoms with Crippen LogP contribution < -0.4 is 5.32 Å². The molecule has 0 spiro atoms. The quantitative estimate of drug-likeness (QED) is 0.910. The van der Waals surface area contributed by atoms with Gasteiger partial charge in [-0.05, 0) is 19.1 Å². The molecule has 5 heteroatoms. The van der Waals surface area contributed by atoms with Gasteiger partial charge < -0.3 is 9.88 Å². The molecule has 0 amide bonds. The minimum atomic E-state index is 0. The van der Waals surface area contributed by atoms with Gasteiger partial charge in [-0.15, -0.1) is 12.4 Å². The second-order valence-electron chi connectivity index (χ2n) is 5.17. The zero-order valence-corrected chi connectivity index (χ0v) is 12.3. The van der Waals surface area contributed by atoms with E-state index < -0.39 is 0 Å². The van der Waals surface area contributed by atoms with Gasteiger partial charge in [-0.3, -0.25) is 4.90 Å². The molecule has 104 valence electrons. The van der Waals surface area contributed by atoms with Crippen molar-refractivity contribution < 1.29 is 0 Å². The van der Waals surface area contributed by atoms with Gasteiger partial charge in [-0.1, -0.05) is 12.1 Å². The lowest BCUT2D eigenvalue weighted by atomic mass is 10.2. The van der Waals surface area contributed by atoms with E-state index in [1.165, 1.54) is 5.52 Å². The van der Waals surface area contributed by atoms with Gasteiger partial charge in [0.25, 0.3) is 0 Å². The van der Waals surface area contributed by atoms with E-state index in [0.29, 0.717) is 6.04 Å². The predicted octanol–water partition coefficient (Wildman–Crippen LogP) is 1.79. The highest BCUT2D eigenvalue weighted by atomic mass is 35.5. The van der Waals surface area contributed by atoms with Crippen molar-refractivity contribution in [2.24, 2.45) is 7.05 Å². The van der Waals surface area contributed by atoms with Crippen LogP contribution in [0.5, 0.6) is 0 Å². The number of nitrogens with one attached hydrogen (secondary N) is 1. The van der Waals surface area contributed by atoms with E-state index in [4.69, 9.17) is 4.98 Å². The topological polar surface area (TPSA) is 33.1 Å². The molecule has 1 fully saturated rings. The summed E-state index contributed by atoms with van der Waals surface area (Å²) in [5.41, 5.74) is 2.31. The maximum absolute atomic E-state index is 4.73. The van der Waals surface area contributed by atoms with E-state index in [9.17, 15) is 0 Å². The summed E-state index contributed by atoms with van der Waals surface area (Å²) in [5.74, 6) is 1.16. The van der Waals surface area contributed by atoms with Crippen molar-refractivity contribution in [3.63, 3.8) is 0 Å². The maximum atomic E-state index is 4.73. The van der Waals surface area contributed by atoms with E-state index in [-0.39, 0.29) is 12.4 Å². The molecule has 1 aromatic carbocycles. The van der Waals surface area contributed by atoms with Gasteiger partial charge >= 0.3 is 0 Å². The molecule has 0 bridgehead atoms. The smallest absolute Gasteiger partial charge is 0.123 e. The van der Waals surface area contributed by atoms with Crippen molar-refractivity contribution in [2.75, 3.05) is 19.6 Å². The zero-order chi connectivity index (χ0) is 12.5. The third-order valence-corrected chi connectivity index (χ3v) is 3.70. The number of imidazole rings is 1. The molecule has 19 heavy (non-hydrogen) atoms. The molecule has 1 atom stereocenters. The number of aryl methyl sites for hydroxylation is 1. The number of benzene rings is 1. The lowest BCUT2D eigenvalue weighted by Gasteiger charge is -2.31. The Morgan fingerprint density at radius 2 is 2.16 bits per heavy atom. The van der Waals surface area contributed by atoms with Gasteiger partial charge in [0, 0.05) is 32.7 Å². The van der Waals surface area contributed by atoms with Gasteiger partial charge in [-0.2, -0.15) is 0 Å². The Morgan fingerprint density at radius 3 is 2.89 bits per heavy atom. The van der Waals surface area contributed by atoms with Crippen molar-refractivity contribution in [3.8, 4) is 0 Å². The Morgan fingerprint density at radius 1 is 1.37 bits per heavy atom. The number of para-hydroxylation sites is 2. The Labute approximate surface area is 120 Å². The molecular weight excluding hydrogens is 260 g/mol. The summed E-state index contributed by atoms with van der Waals surface area (Å²) in [5, 5.41) is 3.47. The molecule has 3 rings (SSSR count). The summed E-state index contributed by atoms with van der Waals surface area (Å²) in [4.78, 5) is 7.21. The average Bonchev–Trinajstić information content (AvgIpc) is 2.67. The van der Waals surface area contributed by atoms with Crippen molar-refractivity contribution >= 4 is 23.4 Å². The van der Waals surface area contributed by atoms with E-state index >= 15 is 0 Å². The van der Waals surface area contributed by atoms with Crippen LogP contribution in [0.2, 0.25) is 0 Å².